The fourth-order valence-corrected chi connectivity index (χ4v) is 3.46. The van der Waals surface area contributed by atoms with Crippen LogP contribution in [0.1, 0.15) is 39.5 Å². The topological polar surface area (TPSA) is 38.5 Å². The van der Waals surface area contributed by atoms with E-state index in [1.165, 1.54) is 32.4 Å². The highest BCUT2D eigenvalue weighted by atomic mass is 16.5. The van der Waals surface area contributed by atoms with Crippen LogP contribution in [0.15, 0.2) is 0 Å². The summed E-state index contributed by atoms with van der Waals surface area (Å²) in [7, 11) is 0. The van der Waals surface area contributed by atoms with Gasteiger partial charge in [0, 0.05) is 31.7 Å². The number of hydrogen-bond acceptors (Lipinski definition) is 3. The minimum Gasteiger partial charge on any atom is -0.381 e. The molecule has 0 aromatic heterocycles. The molecule has 0 spiro atoms. The molecule has 2 aliphatic rings. The molecule has 0 aliphatic carbocycles. The molecular formula is C14H28N2O. The lowest BCUT2D eigenvalue weighted by molar-refractivity contribution is 0.117. The number of hydrogen-bond donors (Lipinski definition) is 1. The van der Waals surface area contributed by atoms with Crippen molar-refractivity contribution in [2.24, 2.45) is 16.6 Å². The largest absolute Gasteiger partial charge is 0.381 e. The fraction of sp³-hybridized carbons (Fsp3) is 1.00. The Morgan fingerprint density at radius 2 is 1.94 bits per heavy atom. The van der Waals surface area contributed by atoms with E-state index >= 15 is 0 Å². The van der Waals surface area contributed by atoms with Gasteiger partial charge in [0.1, 0.15) is 0 Å². The van der Waals surface area contributed by atoms with Gasteiger partial charge in [0.05, 0.1) is 6.61 Å². The predicted molar refractivity (Wildman–Crippen MR) is 71.0 cm³/mol. The van der Waals surface area contributed by atoms with Gasteiger partial charge >= 0.3 is 0 Å². The molecule has 100 valence electrons. The van der Waals surface area contributed by atoms with Crippen LogP contribution in [0.2, 0.25) is 0 Å². The second-order valence-corrected chi connectivity index (χ2v) is 6.17. The molecular weight excluding hydrogens is 212 g/mol. The summed E-state index contributed by atoms with van der Waals surface area (Å²) in [5.41, 5.74) is 6.80. The third-order valence-electron chi connectivity index (χ3n) is 5.19. The average molecular weight is 240 g/mol. The van der Waals surface area contributed by atoms with Crippen molar-refractivity contribution < 1.29 is 4.74 Å². The summed E-state index contributed by atoms with van der Waals surface area (Å²) < 4.78 is 5.56. The highest BCUT2D eigenvalue weighted by Crippen LogP contribution is 2.39. The molecule has 0 saturated carbocycles. The molecule has 1 atom stereocenters. The van der Waals surface area contributed by atoms with Crippen molar-refractivity contribution in [2.45, 2.75) is 39.5 Å². The third kappa shape index (κ3) is 2.67. The molecule has 0 amide bonds. The van der Waals surface area contributed by atoms with E-state index in [1.807, 2.05) is 0 Å². The Kier molecular flexibility index (Phi) is 4.11. The first-order chi connectivity index (χ1) is 8.17. The summed E-state index contributed by atoms with van der Waals surface area (Å²) in [5.74, 6) is 0. The Balaban J connectivity index is 1.92. The summed E-state index contributed by atoms with van der Waals surface area (Å²) >= 11 is 0. The van der Waals surface area contributed by atoms with Crippen molar-refractivity contribution in [1.29, 1.82) is 0 Å². The van der Waals surface area contributed by atoms with Crippen molar-refractivity contribution in [1.82, 2.24) is 4.90 Å². The SMILES string of the molecule is CCC1(CC)CCN(CC2(CN)CCOC2)C1. The number of nitrogens with zero attached hydrogens (tertiary/aromatic N) is 1. The van der Waals surface area contributed by atoms with Crippen molar-refractivity contribution >= 4 is 0 Å². The molecule has 2 N–H and O–H groups in total. The molecule has 2 rings (SSSR count). The molecule has 0 radical (unpaired) electrons. The molecule has 3 heteroatoms. The smallest absolute Gasteiger partial charge is 0.0547 e. The Labute approximate surface area is 106 Å². The first-order valence-electron chi connectivity index (χ1n) is 7.18. The van der Waals surface area contributed by atoms with Crippen molar-refractivity contribution in [3.05, 3.63) is 0 Å². The van der Waals surface area contributed by atoms with E-state index in [1.54, 1.807) is 0 Å². The summed E-state index contributed by atoms with van der Waals surface area (Å²) in [5, 5.41) is 0. The minimum atomic E-state index is 0.248. The standard InChI is InChI=1S/C14H28N2O/c1-3-13(4-2)5-7-16(10-13)11-14(9-15)6-8-17-12-14/h3-12,15H2,1-2H3. The number of nitrogens with two attached hydrogens (primary N) is 1. The van der Waals surface area contributed by atoms with Crippen molar-refractivity contribution in [3.8, 4) is 0 Å². The Morgan fingerprint density at radius 3 is 2.41 bits per heavy atom. The summed E-state index contributed by atoms with van der Waals surface area (Å²) in [6.07, 6.45) is 5.13. The Morgan fingerprint density at radius 1 is 1.18 bits per heavy atom. The average Bonchev–Trinajstić information content (AvgIpc) is 2.98. The highest BCUT2D eigenvalue weighted by molar-refractivity contribution is 4.93. The van der Waals surface area contributed by atoms with E-state index in [9.17, 15) is 0 Å². The molecule has 2 fully saturated rings. The zero-order chi connectivity index (χ0) is 12.4. The van der Waals surface area contributed by atoms with Crippen LogP contribution in [0.4, 0.5) is 0 Å². The first-order valence-corrected chi connectivity index (χ1v) is 7.18. The molecule has 2 aliphatic heterocycles. The molecule has 17 heavy (non-hydrogen) atoms. The summed E-state index contributed by atoms with van der Waals surface area (Å²) in [6, 6.07) is 0. The summed E-state index contributed by atoms with van der Waals surface area (Å²) in [4.78, 5) is 2.63. The molecule has 1 unspecified atom stereocenters. The van der Waals surface area contributed by atoms with Crippen LogP contribution in [0.5, 0.6) is 0 Å². The lowest BCUT2D eigenvalue weighted by Gasteiger charge is -2.32. The highest BCUT2D eigenvalue weighted by Gasteiger charge is 2.40. The fourth-order valence-electron chi connectivity index (χ4n) is 3.46. The maximum absolute atomic E-state index is 5.97. The van der Waals surface area contributed by atoms with Crippen LogP contribution in [0.3, 0.4) is 0 Å². The van der Waals surface area contributed by atoms with Crippen LogP contribution in [0.25, 0.3) is 0 Å². The second-order valence-electron chi connectivity index (χ2n) is 6.17. The van der Waals surface area contributed by atoms with Crippen LogP contribution >= 0.6 is 0 Å². The molecule has 3 nitrogen and oxygen atoms in total. The summed E-state index contributed by atoms with van der Waals surface area (Å²) in [6.45, 7) is 10.9. The molecule has 0 bridgehead atoms. The monoisotopic (exact) mass is 240 g/mol. The van der Waals surface area contributed by atoms with Crippen molar-refractivity contribution in [2.75, 3.05) is 39.4 Å². The quantitative estimate of drug-likeness (QED) is 0.797. The third-order valence-corrected chi connectivity index (χ3v) is 5.19. The molecule has 0 aromatic carbocycles. The van der Waals surface area contributed by atoms with Gasteiger partial charge in [0.15, 0.2) is 0 Å². The number of rotatable bonds is 5. The van der Waals surface area contributed by atoms with E-state index in [-0.39, 0.29) is 5.41 Å². The van der Waals surface area contributed by atoms with Gasteiger partial charge in [-0.3, -0.25) is 0 Å². The number of ether oxygens (including phenoxy) is 1. The predicted octanol–water partition coefficient (Wildman–Crippen LogP) is 1.86. The van der Waals surface area contributed by atoms with Gasteiger partial charge in [-0.2, -0.15) is 0 Å². The lowest BCUT2D eigenvalue weighted by Crippen LogP contribution is -2.43. The van der Waals surface area contributed by atoms with E-state index in [4.69, 9.17) is 10.5 Å². The van der Waals surface area contributed by atoms with Gasteiger partial charge in [-0.1, -0.05) is 13.8 Å². The Bertz CT molecular complexity index is 245. The number of likely N-dealkylation sites (tertiary alicyclic amines) is 1. The lowest BCUT2D eigenvalue weighted by atomic mass is 9.81. The maximum Gasteiger partial charge on any atom is 0.0547 e. The maximum atomic E-state index is 5.97. The van der Waals surface area contributed by atoms with Crippen molar-refractivity contribution in [3.63, 3.8) is 0 Å². The molecule has 2 saturated heterocycles. The van der Waals surface area contributed by atoms with Gasteiger partial charge < -0.3 is 15.4 Å². The van der Waals surface area contributed by atoms with Gasteiger partial charge in [-0.25, -0.2) is 0 Å². The van der Waals surface area contributed by atoms with Gasteiger partial charge in [0.2, 0.25) is 0 Å². The van der Waals surface area contributed by atoms with E-state index < -0.39 is 0 Å². The van der Waals surface area contributed by atoms with E-state index in [0.29, 0.717) is 5.41 Å². The Hall–Kier alpha value is -0.120. The van der Waals surface area contributed by atoms with E-state index in [0.717, 1.165) is 32.7 Å². The second kappa shape index (κ2) is 5.25. The zero-order valence-electron chi connectivity index (χ0n) is 11.5. The van der Waals surface area contributed by atoms with Crippen LogP contribution < -0.4 is 5.73 Å². The van der Waals surface area contributed by atoms with Gasteiger partial charge in [-0.15, -0.1) is 0 Å². The zero-order valence-corrected chi connectivity index (χ0v) is 11.5. The van der Waals surface area contributed by atoms with Gasteiger partial charge in [0.25, 0.3) is 0 Å². The first kappa shape index (κ1) is 13.3. The van der Waals surface area contributed by atoms with Crippen LogP contribution in [-0.2, 0) is 4.74 Å². The van der Waals surface area contributed by atoms with E-state index in [2.05, 4.69) is 18.7 Å². The van der Waals surface area contributed by atoms with Crippen LogP contribution in [0, 0.1) is 10.8 Å². The van der Waals surface area contributed by atoms with Gasteiger partial charge in [-0.05, 0) is 37.6 Å². The normalized spacial score (nSPS) is 33.4. The minimum absolute atomic E-state index is 0.248. The molecule has 2 heterocycles. The molecule has 0 aromatic rings. The van der Waals surface area contributed by atoms with Crippen LogP contribution in [-0.4, -0.2) is 44.3 Å².